The zero-order chi connectivity index (χ0) is 23.0. The van der Waals surface area contributed by atoms with Gasteiger partial charge >= 0.3 is 11.9 Å². The summed E-state index contributed by atoms with van der Waals surface area (Å²) in [5.74, 6) is 2.03. The van der Waals surface area contributed by atoms with E-state index in [1.54, 1.807) is 24.3 Å². The molecular formula is C29H30O4. The fourth-order valence-electron chi connectivity index (χ4n) is 6.80. The summed E-state index contributed by atoms with van der Waals surface area (Å²) in [7, 11) is 0. The van der Waals surface area contributed by atoms with Crippen LogP contribution in [-0.2, 0) is 10.2 Å². The minimum absolute atomic E-state index is 0.155. The molecule has 2 aromatic carbocycles. The summed E-state index contributed by atoms with van der Waals surface area (Å²) in [6.45, 7) is 7.73. The maximum absolute atomic E-state index is 13.0. The molecule has 0 amide bonds. The first-order chi connectivity index (χ1) is 16.0. The number of rotatable bonds is 7. The van der Waals surface area contributed by atoms with Gasteiger partial charge in [0.05, 0.1) is 11.1 Å². The zero-order valence-electron chi connectivity index (χ0n) is 18.9. The average Bonchev–Trinajstić information content (AvgIpc) is 2.81. The molecule has 0 atom stereocenters. The third kappa shape index (κ3) is 4.15. The summed E-state index contributed by atoms with van der Waals surface area (Å²) < 4.78 is 10.7. The second-order valence-corrected chi connectivity index (χ2v) is 10.0. The Hall–Kier alpha value is -3.14. The van der Waals surface area contributed by atoms with Gasteiger partial charge in [-0.3, -0.25) is 0 Å². The molecule has 4 aliphatic rings. The molecule has 4 bridgehead atoms. The van der Waals surface area contributed by atoms with Crippen molar-refractivity contribution in [3.05, 3.63) is 84.0 Å². The lowest BCUT2D eigenvalue weighted by Crippen LogP contribution is -2.48. The molecule has 0 radical (unpaired) electrons. The van der Waals surface area contributed by atoms with Gasteiger partial charge in [0.15, 0.2) is 0 Å². The highest BCUT2D eigenvalue weighted by Gasteiger charge is 2.52. The topological polar surface area (TPSA) is 52.6 Å². The van der Waals surface area contributed by atoms with Crippen LogP contribution >= 0.6 is 0 Å². The molecule has 0 saturated heterocycles. The second kappa shape index (κ2) is 8.66. The van der Waals surface area contributed by atoms with Gasteiger partial charge in [0.2, 0.25) is 0 Å². The molecule has 170 valence electrons. The Bertz CT molecular complexity index is 1060. The van der Waals surface area contributed by atoms with Crippen molar-refractivity contribution in [3.8, 4) is 5.75 Å². The van der Waals surface area contributed by atoms with Crippen LogP contribution in [-0.4, -0.2) is 18.5 Å². The van der Waals surface area contributed by atoms with Crippen LogP contribution in [0.2, 0.25) is 0 Å². The molecular weight excluding hydrogens is 412 g/mol. The first-order valence-corrected chi connectivity index (χ1v) is 11.9. The van der Waals surface area contributed by atoms with Gasteiger partial charge in [-0.2, -0.15) is 0 Å². The van der Waals surface area contributed by atoms with E-state index in [9.17, 15) is 9.59 Å². The predicted molar refractivity (Wildman–Crippen MR) is 128 cm³/mol. The second-order valence-electron chi connectivity index (χ2n) is 10.0. The van der Waals surface area contributed by atoms with E-state index in [2.05, 4.69) is 13.2 Å². The molecule has 0 spiro atoms. The van der Waals surface area contributed by atoms with Crippen LogP contribution in [0.5, 0.6) is 5.75 Å². The van der Waals surface area contributed by atoms with Crippen molar-refractivity contribution in [2.75, 3.05) is 6.61 Å². The number of benzene rings is 2. The SMILES string of the molecule is C=CCOC(=O)c1ccc(OC(=O)c2ccc(C=C)c(C34CC5CC(CC(C5)C3)C4)c2)cc1. The summed E-state index contributed by atoms with van der Waals surface area (Å²) in [6.07, 6.45) is 11.2. The Morgan fingerprint density at radius 3 is 2.06 bits per heavy atom. The van der Waals surface area contributed by atoms with Crippen LogP contribution in [0.3, 0.4) is 0 Å². The van der Waals surface area contributed by atoms with Crippen molar-refractivity contribution in [2.24, 2.45) is 17.8 Å². The maximum Gasteiger partial charge on any atom is 0.343 e. The number of carbonyl (C=O) groups excluding carboxylic acids is 2. The van der Waals surface area contributed by atoms with Crippen LogP contribution in [0.25, 0.3) is 6.08 Å². The van der Waals surface area contributed by atoms with Gasteiger partial charge in [-0.1, -0.05) is 31.4 Å². The van der Waals surface area contributed by atoms with Gasteiger partial charge in [0, 0.05) is 0 Å². The quantitative estimate of drug-likeness (QED) is 0.284. The first-order valence-electron chi connectivity index (χ1n) is 11.9. The highest BCUT2D eigenvalue weighted by atomic mass is 16.5. The lowest BCUT2D eigenvalue weighted by Gasteiger charge is -2.57. The van der Waals surface area contributed by atoms with E-state index in [1.807, 2.05) is 24.3 Å². The van der Waals surface area contributed by atoms with E-state index in [0.29, 0.717) is 16.9 Å². The monoisotopic (exact) mass is 442 g/mol. The first kappa shape index (κ1) is 21.7. The molecule has 0 unspecified atom stereocenters. The molecule has 0 aliphatic heterocycles. The van der Waals surface area contributed by atoms with Crippen molar-refractivity contribution in [2.45, 2.75) is 43.9 Å². The zero-order valence-corrected chi connectivity index (χ0v) is 18.9. The van der Waals surface area contributed by atoms with Crippen LogP contribution in [0, 0.1) is 17.8 Å². The fourth-order valence-corrected chi connectivity index (χ4v) is 6.80. The van der Waals surface area contributed by atoms with E-state index in [-0.39, 0.29) is 12.0 Å². The molecule has 2 aromatic rings. The normalized spacial score (nSPS) is 27.1. The summed E-state index contributed by atoms with van der Waals surface area (Å²) in [4.78, 5) is 24.9. The third-order valence-corrected chi connectivity index (χ3v) is 7.75. The summed E-state index contributed by atoms with van der Waals surface area (Å²) >= 11 is 0. The molecule has 0 heterocycles. The molecule has 4 heteroatoms. The van der Waals surface area contributed by atoms with E-state index in [0.717, 1.165) is 23.3 Å². The molecule has 0 N–H and O–H groups in total. The van der Waals surface area contributed by atoms with E-state index in [1.165, 1.54) is 50.2 Å². The van der Waals surface area contributed by atoms with Crippen LogP contribution in [0.15, 0.2) is 61.7 Å². The lowest BCUT2D eigenvalue weighted by molar-refractivity contribution is -0.00530. The highest BCUT2D eigenvalue weighted by Crippen LogP contribution is 2.61. The van der Waals surface area contributed by atoms with Gasteiger partial charge in [0.25, 0.3) is 0 Å². The largest absolute Gasteiger partial charge is 0.458 e. The Morgan fingerprint density at radius 1 is 0.879 bits per heavy atom. The van der Waals surface area contributed by atoms with E-state index < -0.39 is 11.9 Å². The van der Waals surface area contributed by atoms with Crippen LogP contribution in [0.4, 0.5) is 0 Å². The summed E-state index contributed by atoms with van der Waals surface area (Å²) in [6, 6.07) is 12.3. The van der Waals surface area contributed by atoms with Gasteiger partial charge < -0.3 is 9.47 Å². The molecule has 33 heavy (non-hydrogen) atoms. The molecule has 4 nitrogen and oxygen atoms in total. The van der Waals surface area contributed by atoms with E-state index >= 15 is 0 Å². The Balaban J connectivity index is 1.36. The molecule has 0 aromatic heterocycles. The lowest BCUT2D eigenvalue weighted by atomic mass is 9.47. The van der Waals surface area contributed by atoms with Gasteiger partial charge in [-0.05, 0) is 109 Å². The molecule has 4 aliphatic carbocycles. The van der Waals surface area contributed by atoms with Crippen molar-refractivity contribution >= 4 is 18.0 Å². The number of hydrogen-bond donors (Lipinski definition) is 0. The molecule has 6 rings (SSSR count). The summed E-state index contributed by atoms with van der Waals surface area (Å²) in [5.41, 5.74) is 3.53. The Kier molecular flexibility index (Phi) is 5.69. The third-order valence-electron chi connectivity index (χ3n) is 7.75. The van der Waals surface area contributed by atoms with Crippen molar-refractivity contribution in [3.63, 3.8) is 0 Å². The molecule has 4 fully saturated rings. The van der Waals surface area contributed by atoms with Crippen molar-refractivity contribution in [1.82, 2.24) is 0 Å². The highest BCUT2D eigenvalue weighted by molar-refractivity contribution is 5.92. The Labute approximate surface area is 195 Å². The molecule has 4 saturated carbocycles. The van der Waals surface area contributed by atoms with E-state index in [4.69, 9.17) is 9.47 Å². The predicted octanol–water partition coefficient (Wildman–Crippen LogP) is 6.36. The fraction of sp³-hybridized carbons (Fsp3) is 0.379. The standard InChI is InChI=1S/C29H30O4/c1-3-11-32-27(30)23-7-9-25(10-8-23)33-28(31)24-6-5-22(4-2)26(15-24)29-16-19-12-20(17-29)14-21(13-19)18-29/h3-10,15,19-21H,1-2,11-14,16-18H2. The number of hydrogen-bond acceptors (Lipinski definition) is 4. The van der Waals surface area contributed by atoms with Crippen LogP contribution < -0.4 is 4.74 Å². The van der Waals surface area contributed by atoms with Gasteiger partial charge in [-0.15, -0.1) is 0 Å². The van der Waals surface area contributed by atoms with Gasteiger partial charge in [-0.25, -0.2) is 9.59 Å². The number of ether oxygens (including phenoxy) is 2. The van der Waals surface area contributed by atoms with Crippen LogP contribution in [0.1, 0.15) is 70.4 Å². The minimum Gasteiger partial charge on any atom is -0.458 e. The summed E-state index contributed by atoms with van der Waals surface area (Å²) in [5, 5.41) is 0. The minimum atomic E-state index is -0.437. The maximum atomic E-state index is 13.0. The smallest absolute Gasteiger partial charge is 0.343 e. The van der Waals surface area contributed by atoms with Crippen molar-refractivity contribution in [1.29, 1.82) is 0 Å². The van der Waals surface area contributed by atoms with Gasteiger partial charge in [0.1, 0.15) is 12.4 Å². The Morgan fingerprint density at radius 2 is 1.48 bits per heavy atom. The number of esters is 2. The average molecular weight is 443 g/mol. The van der Waals surface area contributed by atoms with Crippen molar-refractivity contribution < 1.29 is 19.1 Å². The number of carbonyl (C=O) groups is 2.